The van der Waals surface area contributed by atoms with Crippen LogP contribution in [0.3, 0.4) is 0 Å². The molecule has 3 aromatic rings. The summed E-state index contributed by atoms with van der Waals surface area (Å²) < 4.78 is 41.4. The van der Waals surface area contributed by atoms with E-state index in [1.165, 1.54) is 18.4 Å². The summed E-state index contributed by atoms with van der Waals surface area (Å²) in [4.78, 5) is 14.4. The Morgan fingerprint density at radius 1 is 1.05 bits per heavy atom. The van der Waals surface area contributed by atoms with Crippen molar-refractivity contribution in [2.45, 2.75) is 58.9 Å². The number of fused-ring (bicyclic) bond motifs is 1. The number of carbonyl (C=O) groups is 1. The van der Waals surface area contributed by atoms with Crippen molar-refractivity contribution < 1.29 is 26.9 Å². The molecule has 2 heterocycles. The van der Waals surface area contributed by atoms with E-state index >= 15 is 0 Å². The Kier molecular flexibility index (Phi) is 7.63. The van der Waals surface area contributed by atoms with Crippen LogP contribution < -0.4 is 14.2 Å². The van der Waals surface area contributed by atoms with Gasteiger partial charge in [-0.15, -0.1) is 11.3 Å². The highest BCUT2D eigenvalue weighted by Gasteiger charge is 2.28. The number of benzene rings is 2. The number of rotatable bonds is 8. The average Bonchev–Trinajstić information content (AvgIpc) is 3.27. The Bertz CT molecular complexity index is 1520. The zero-order valence-electron chi connectivity index (χ0n) is 22.7. The Labute approximate surface area is 228 Å². The first kappa shape index (κ1) is 27.7. The molecule has 2 aromatic carbocycles. The van der Waals surface area contributed by atoms with Crippen molar-refractivity contribution in [1.82, 2.24) is 0 Å². The van der Waals surface area contributed by atoms with Crippen LogP contribution in [0, 0.1) is 6.92 Å². The predicted molar refractivity (Wildman–Crippen MR) is 153 cm³/mol. The van der Waals surface area contributed by atoms with Crippen molar-refractivity contribution in [2.24, 2.45) is 0 Å². The first-order chi connectivity index (χ1) is 17.8. The number of allylic oxidation sites excluding steroid dienone is 1. The lowest BCUT2D eigenvalue weighted by Crippen LogP contribution is -2.32. The molecule has 9 heteroatoms. The molecule has 0 spiro atoms. The molecule has 0 saturated heterocycles. The van der Waals surface area contributed by atoms with Crippen molar-refractivity contribution in [1.29, 1.82) is 0 Å². The summed E-state index contributed by atoms with van der Waals surface area (Å²) in [5, 5.41) is 2.86. The molecular weight excluding hydrogens is 522 g/mol. The third-order valence-electron chi connectivity index (χ3n) is 6.28. The average molecular weight is 556 g/mol. The first-order valence-corrected chi connectivity index (χ1v) is 14.6. The van der Waals surface area contributed by atoms with Gasteiger partial charge in [-0.25, -0.2) is 4.79 Å². The highest BCUT2D eigenvalue weighted by molar-refractivity contribution is 7.87. The van der Waals surface area contributed by atoms with E-state index in [1.54, 1.807) is 38.1 Å². The van der Waals surface area contributed by atoms with Crippen LogP contribution in [0.4, 0.5) is 5.69 Å². The number of esters is 1. The molecule has 38 heavy (non-hydrogen) atoms. The summed E-state index contributed by atoms with van der Waals surface area (Å²) in [6.45, 7) is 11.3. The third kappa shape index (κ3) is 5.73. The number of aryl methyl sites for hydroxylation is 1. The first-order valence-electron chi connectivity index (χ1n) is 12.3. The fraction of sp³-hybridized carbons (Fsp3) is 0.345. The van der Waals surface area contributed by atoms with Gasteiger partial charge in [0.05, 0.1) is 17.9 Å². The molecule has 4 rings (SSSR count). The maximum Gasteiger partial charge on any atom is 0.348 e. The number of hydrogen-bond acceptors (Lipinski definition) is 8. The van der Waals surface area contributed by atoms with E-state index in [0.29, 0.717) is 10.6 Å². The van der Waals surface area contributed by atoms with Gasteiger partial charge in [0.15, 0.2) is 0 Å². The number of methoxy groups -OCH3 is 1. The number of carbonyl (C=O) groups excluding carboxylic acids is 1. The zero-order chi connectivity index (χ0) is 27.8. The van der Waals surface area contributed by atoms with E-state index in [1.807, 2.05) is 32.0 Å². The topological polar surface area (TPSA) is 90.9 Å². The monoisotopic (exact) mass is 555 g/mol. The lowest BCUT2D eigenvalue weighted by atomic mass is 9.85. The summed E-state index contributed by atoms with van der Waals surface area (Å²) in [6, 6.07) is 12.6. The molecule has 7 nitrogen and oxygen atoms in total. The van der Waals surface area contributed by atoms with E-state index in [0.717, 1.165) is 38.4 Å². The van der Waals surface area contributed by atoms with Crippen LogP contribution in [0.25, 0.3) is 16.7 Å². The van der Waals surface area contributed by atoms with Gasteiger partial charge in [-0.3, -0.25) is 0 Å². The minimum absolute atomic E-state index is 0.0463. The largest absolute Gasteiger partial charge is 0.496 e. The number of nitrogens with one attached hydrogen (secondary N) is 1. The van der Waals surface area contributed by atoms with Gasteiger partial charge in [0.1, 0.15) is 23.0 Å². The van der Waals surface area contributed by atoms with Gasteiger partial charge in [-0.2, -0.15) is 8.42 Å². The molecule has 0 radical (unpaired) electrons. The summed E-state index contributed by atoms with van der Waals surface area (Å²) in [6.07, 6.45) is 2.15. The van der Waals surface area contributed by atoms with E-state index in [4.69, 9.17) is 13.7 Å². The van der Waals surface area contributed by atoms with E-state index in [9.17, 15) is 13.2 Å². The fourth-order valence-corrected chi connectivity index (χ4v) is 5.86. The van der Waals surface area contributed by atoms with Gasteiger partial charge >= 0.3 is 16.1 Å². The molecule has 0 bridgehead atoms. The summed E-state index contributed by atoms with van der Waals surface area (Å²) in [7, 11) is -2.24. The molecule has 1 aromatic heterocycles. The van der Waals surface area contributed by atoms with Crippen LogP contribution in [0.1, 0.15) is 60.3 Å². The minimum atomic E-state index is -3.76. The van der Waals surface area contributed by atoms with Crippen LogP contribution in [0.2, 0.25) is 0 Å². The molecule has 0 aliphatic carbocycles. The van der Waals surface area contributed by atoms with Crippen molar-refractivity contribution in [2.75, 3.05) is 12.4 Å². The SMILES string of the molecule is COc1cc(OS(=O)(=O)C(C)C)ccc1-c1ccc2c(c1COC(=O)c1ccc(C)s1)C(C)=CC(C)(C)N2. The number of hydrogen-bond donors (Lipinski definition) is 1. The van der Waals surface area contributed by atoms with E-state index < -0.39 is 15.4 Å². The maximum absolute atomic E-state index is 12.8. The molecule has 0 saturated carbocycles. The van der Waals surface area contributed by atoms with Crippen molar-refractivity contribution >= 4 is 38.7 Å². The lowest BCUT2D eigenvalue weighted by molar-refractivity contribution is 0.0479. The zero-order valence-corrected chi connectivity index (χ0v) is 24.3. The second-order valence-corrected chi connectivity index (χ2v) is 13.5. The minimum Gasteiger partial charge on any atom is -0.496 e. The Hall–Kier alpha value is -3.30. The maximum atomic E-state index is 12.8. The molecule has 1 N–H and O–H groups in total. The standard InChI is InChI=1S/C29H33NO6S2/c1-17(2)38(32,33)36-20-9-10-22(25(14-20)34-7)21-11-12-24-27(18(3)15-29(5,6)30-24)23(21)16-35-28(31)26-13-8-19(4)37-26/h8-15,17,30H,16H2,1-7H3. The number of ether oxygens (including phenoxy) is 2. The van der Waals surface area contributed by atoms with Crippen LogP contribution >= 0.6 is 11.3 Å². The number of thiophene rings is 1. The predicted octanol–water partition coefficient (Wildman–Crippen LogP) is 6.81. The second kappa shape index (κ2) is 10.5. The van der Waals surface area contributed by atoms with Crippen LogP contribution in [0.5, 0.6) is 11.5 Å². The summed E-state index contributed by atoms with van der Waals surface area (Å²) >= 11 is 1.39. The smallest absolute Gasteiger partial charge is 0.348 e. The van der Waals surface area contributed by atoms with E-state index in [2.05, 4.69) is 25.2 Å². The van der Waals surface area contributed by atoms with Crippen molar-refractivity contribution in [3.8, 4) is 22.6 Å². The van der Waals surface area contributed by atoms with Gasteiger partial charge in [0, 0.05) is 33.3 Å². The molecule has 202 valence electrons. The summed E-state index contributed by atoms with van der Waals surface area (Å²) in [5.74, 6) is 0.221. The Balaban J connectivity index is 1.80. The molecule has 1 aliphatic heterocycles. The Morgan fingerprint density at radius 2 is 1.76 bits per heavy atom. The van der Waals surface area contributed by atoms with Crippen LogP contribution in [-0.4, -0.2) is 32.3 Å². The van der Waals surface area contributed by atoms with Gasteiger partial charge in [-0.1, -0.05) is 12.1 Å². The van der Waals surface area contributed by atoms with Crippen LogP contribution in [0.15, 0.2) is 48.5 Å². The lowest BCUT2D eigenvalue weighted by Gasteiger charge is -2.33. The van der Waals surface area contributed by atoms with Crippen LogP contribution in [-0.2, 0) is 21.5 Å². The molecule has 0 amide bonds. The van der Waals surface area contributed by atoms with Gasteiger partial charge in [0.25, 0.3) is 0 Å². The van der Waals surface area contributed by atoms with E-state index in [-0.39, 0.29) is 23.9 Å². The van der Waals surface area contributed by atoms with Gasteiger partial charge in [0.2, 0.25) is 0 Å². The molecule has 0 atom stereocenters. The highest BCUT2D eigenvalue weighted by atomic mass is 32.2. The quantitative estimate of drug-likeness (QED) is 0.241. The van der Waals surface area contributed by atoms with Gasteiger partial charge < -0.3 is 19.0 Å². The van der Waals surface area contributed by atoms with Crippen molar-refractivity contribution in [3.05, 3.63) is 69.4 Å². The molecular formula is C29H33NO6S2. The Morgan fingerprint density at radius 3 is 2.39 bits per heavy atom. The molecule has 1 aliphatic rings. The molecule has 0 unspecified atom stereocenters. The normalized spacial score (nSPS) is 14.4. The molecule has 0 fully saturated rings. The highest BCUT2D eigenvalue weighted by Crippen LogP contribution is 2.43. The van der Waals surface area contributed by atoms with Gasteiger partial charge in [-0.05, 0) is 83.0 Å². The summed E-state index contributed by atoms with van der Waals surface area (Å²) in [5.41, 5.74) is 5.08. The second-order valence-electron chi connectivity index (χ2n) is 10.2. The number of anilines is 1. The fourth-order valence-electron chi connectivity index (χ4n) is 4.53. The van der Waals surface area contributed by atoms with Crippen molar-refractivity contribution in [3.63, 3.8) is 0 Å². The third-order valence-corrected chi connectivity index (χ3v) is 8.84.